The summed E-state index contributed by atoms with van der Waals surface area (Å²) in [5.74, 6) is -2.02. The van der Waals surface area contributed by atoms with Crippen molar-refractivity contribution >= 4 is 56.7 Å². The van der Waals surface area contributed by atoms with Crippen molar-refractivity contribution in [2.45, 2.75) is 6.18 Å². The lowest BCUT2D eigenvalue weighted by Crippen LogP contribution is -2.30. The van der Waals surface area contributed by atoms with Crippen LogP contribution in [0.1, 0.15) is 0 Å². The smallest absolute Gasteiger partial charge is 0.358 e. The Labute approximate surface area is 118 Å². The molecule has 2 N–H and O–H groups in total. The number of aromatic amines is 1. The van der Waals surface area contributed by atoms with E-state index in [0.29, 0.717) is 15.9 Å². The van der Waals surface area contributed by atoms with Gasteiger partial charge in [-0.25, -0.2) is 0 Å². The molecule has 2 aromatic rings. The van der Waals surface area contributed by atoms with Gasteiger partial charge in [0.05, 0.1) is 16.2 Å². The number of carbonyl (C=O) groups is 1. The Morgan fingerprint density at radius 1 is 1.39 bits per heavy atom. The van der Waals surface area contributed by atoms with Crippen LogP contribution in [0.3, 0.4) is 0 Å². The molecule has 1 amide bonds. The predicted molar refractivity (Wildman–Crippen MR) is 70.7 cm³/mol. The number of halogens is 5. The minimum atomic E-state index is -4.92. The van der Waals surface area contributed by atoms with Crippen LogP contribution in [0.25, 0.3) is 10.9 Å². The number of nitrogens with one attached hydrogen (secondary N) is 2. The van der Waals surface area contributed by atoms with Gasteiger partial charge >= 0.3 is 12.1 Å². The zero-order valence-electron chi connectivity index (χ0n) is 8.53. The average molecular weight is 389 g/mol. The highest BCUT2D eigenvalue weighted by Crippen LogP contribution is 2.33. The molecular weight excluding hydrogens is 383 g/mol. The number of rotatable bonds is 1. The molecule has 8 heteroatoms. The van der Waals surface area contributed by atoms with E-state index in [1.165, 1.54) is 12.3 Å². The van der Waals surface area contributed by atoms with Crippen LogP contribution < -0.4 is 5.32 Å². The highest BCUT2D eigenvalue weighted by atomic mass is 127. The molecule has 96 valence electrons. The SMILES string of the molecule is O=C(Nc1ccc(I)c2c(Cl)c[nH]c12)C(F)(F)F. The number of alkyl halides is 3. The predicted octanol–water partition coefficient (Wildman–Crippen LogP) is 3.93. The van der Waals surface area contributed by atoms with E-state index in [9.17, 15) is 18.0 Å². The van der Waals surface area contributed by atoms with Crippen LogP contribution in [0, 0.1) is 3.57 Å². The number of benzene rings is 1. The van der Waals surface area contributed by atoms with Crippen LogP contribution in [0.15, 0.2) is 18.3 Å². The van der Waals surface area contributed by atoms with Crippen LogP contribution in [0.5, 0.6) is 0 Å². The van der Waals surface area contributed by atoms with E-state index in [4.69, 9.17) is 11.6 Å². The fraction of sp³-hybridized carbons (Fsp3) is 0.100. The summed E-state index contributed by atoms with van der Waals surface area (Å²) < 4.78 is 37.3. The molecule has 0 aliphatic rings. The Balaban J connectivity index is 2.47. The summed E-state index contributed by atoms with van der Waals surface area (Å²) in [6, 6.07) is 2.97. The highest BCUT2D eigenvalue weighted by molar-refractivity contribution is 14.1. The average Bonchev–Trinajstić information content (AvgIpc) is 2.64. The lowest BCUT2D eigenvalue weighted by atomic mass is 10.2. The van der Waals surface area contributed by atoms with Gasteiger partial charge in [0, 0.05) is 15.2 Å². The monoisotopic (exact) mass is 388 g/mol. The van der Waals surface area contributed by atoms with Gasteiger partial charge in [0.15, 0.2) is 0 Å². The van der Waals surface area contributed by atoms with E-state index in [0.717, 1.165) is 3.57 Å². The van der Waals surface area contributed by atoms with Gasteiger partial charge in [-0.2, -0.15) is 13.2 Å². The van der Waals surface area contributed by atoms with Crippen LogP contribution in [-0.4, -0.2) is 17.1 Å². The summed E-state index contributed by atoms with van der Waals surface area (Å²) in [7, 11) is 0. The summed E-state index contributed by atoms with van der Waals surface area (Å²) >= 11 is 7.91. The lowest BCUT2D eigenvalue weighted by molar-refractivity contribution is -0.167. The molecule has 0 radical (unpaired) electrons. The summed E-state index contributed by atoms with van der Waals surface area (Å²) in [6.45, 7) is 0. The topological polar surface area (TPSA) is 44.9 Å². The number of aromatic nitrogens is 1. The summed E-state index contributed by atoms with van der Waals surface area (Å²) in [6.07, 6.45) is -3.47. The molecule has 0 saturated heterocycles. The Kier molecular flexibility index (Phi) is 3.45. The zero-order valence-corrected chi connectivity index (χ0v) is 11.4. The maximum Gasteiger partial charge on any atom is 0.471 e. The minimum Gasteiger partial charge on any atom is -0.358 e. The second-order valence-corrected chi connectivity index (χ2v) is 5.00. The van der Waals surface area contributed by atoms with Crippen molar-refractivity contribution in [1.29, 1.82) is 0 Å². The second-order valence-electron chi connectivity index (χ2n) is 3.43. The van der Waals surface area contributed by atoms with Gasteiger partial charge in [-0.15, -0.1) is 0 Å². The number of hydrogen-bond acceptors (Lipinski definition) is 1. The van der Waals surface area contributed by atoms with Crippen molar-refractivity contribution < 1.29 is 18.0 Å². The van der Waals surface area contributed by atoms with Gasteiger partial charge < -0.3 is 10.3 Å². The van der Waals surface area contributed by atoms with E-state index in [2.05, 4.69) is 4.98 Å². The summed E-state index contributed by atoms with van der Waals surface area (Å²) in [5.41, 5.74) is 0.407. The van der Waals surface area contributed by atoms with Gasteiger partial charge in [0.2, 0.25) is 0 Å². The third kappa shape index (κ3) is 2.41. The largest absolute Gasteiger partial charge is 0.471 e. The first-order chi connectivity index (χ1) is 8.30. The second kappa shape index (κ2) is 4.61. The van der Waals surface area contributed by atoms with Gasteiger partial charge in [0.25, 0.3) is 0 Å². The van der Waals surface area contributed by atoms with Crippen molar-refractivity contribution in [1.82, 2.24) is 4.98 Å². The van der Waals surface area contributed by atoms with E-state index < -0.39 is 12.1 Å². The standard InChI is InChI=1S/C10H5ClF3IN2O/c11-4-3-16-8-6(2-1-5(15)7(4)8)17-9(18)10(12,13)14/h1-3,16H,(H,17,18). The number of anilines is 1. The fourth-order valence-corrected chi connectivity index (χ4v) is 2.62. The molecule has 0 aliphatic heterocycles. The number of fused-ring (bicyclic) bond motifs is 1. The first-order valence-electron chi connectivity index (χ1n) is 4.64. The molecule has 2 rings (SSSR count). The third-order valence-corrected chi connectivity index (χ3v) is 3.44. The van der Waals surface area contributed by atoms with Crippen molar-refractivity contribution in [2.24, 2.45) is 0 Å². The molecule has 18 heavy (non-hydrogen) atoms. The fourth-order valence-electron chi connectivity index (χ4n) is 1.47. The van der Waals surface area contributed by atoms with Gasteiger partial charge in [-0.3, -0.25) is 4.79 Å². The van der Waals surface area contributed by atoms with Crippen molar-refractivity contribution in [3.63, 3.8) is 0 Å². The maximum absolute atomic E-state index is 12.2. The molecule has 0 spiro atoms. The van der Waals surface area contributed by atoms with Gasteiger partial charge in [-0.1, -0.05) is 11.6 Å². The van der Waals surface area contributed by atoms with E-state index >= 15 is 0 Å². The van der Waals surface area contributed by atoms with Crippen molar-refractivity contribution in [3.05, 3.63) is 26.9 Å². The Bertz CT molecular complexity index is 623. The maximum atomic E-state index is 12.2. The minimum absolute atomic E-state index is 0.0413. The van der Waals surface area contributed by atoms with Crippen molar-refractivity contribution in [3.8, 4) is 0 Å². The van der Waals surface area contributed by atoms with Crippen LogP contribution in [0.4, 0.5) is 18.9 Å². The van der Waals surface area contributed by atoms with E-state index in [-0.39, 0.29) is 5.69 Å². The number of H-pyrrole nitrogens is 1. The number of amides is 1. The highest BCUT2D eigenvalue weighted by Gasteiger charge is 2.39. The summed E-state index contributed by atoms with van der Waals surface area (Å²) in [5, 5.41) is 2.78. The molecule has 0 bridgehead atoms. The van der Waals surface area contributed by atoms with Crippen molar-refractivity contribution in [2.75, 3.05) is 5.32 Å². The number of carbonyl (C=O) groups excluding carboxylic acids is 1. The third-order valence-electron chi connectivity index (χ3n) is 2.24. The molecule has 1 aromatic heterocycles. The summed E-state index contributed by atoms with van der Waals surface area (Å²) in [4.78, 5) is 13.6. The van der Waals surface area contributed by atoms with Crippen LogP contribution in [-0.2, 0) is 4.79 Å². The number of hydrogen-bond donors (Lipinski definition) is 2. The Morgan fingerprint density at radius 3 is 2.67 bits per heavy atom. The van der Waals surface area contributed by atoms with Crippen LogP contribution in [0.2, 0.25) is 5.02 Å². The Hall–Kier alpha value is -0.960. The van der Waals surface area contributed by atoms with Crippen LogP contribution >= 0.6 is 34.2 Å². The van der Waals surface area contributed by atoms with Gasteiger partial charge in [-0.05, 0) is 34.7 Å². The lowest BCUT2D eigenvalue weighted by Gasteiger charge is -2.09. The molecule has 0 atom stereocenters. The molecule has 0 fully saturated rings. The molecule has 0 unspecified atom stereocenters. The molecule has 1 heterocycles. The molecule has 3 nitrogen and oxygen atoms in total. The quantitative estimate of drug-likeness (QED) is 0.715. The van der Waals surface area contributed by atoms with Gasteiger partial charge in [0.1, 0.15) is 0 Å². The van der Waals surface area contributed by atoms with E-state index in [1.54, 1.807) is 6.07 Å². The molecule has 0 saturated carbocycles. The normalized spacial score (nSPS) is 11.8. The molecule has 0 aliphatic carbocycles. The first kappa shape index (κ1) is 13.5. The molecule has 1 aromatic carbocycles. The Morgan fingerprint density at radius 2 is 2.06 bits per heavy atom. The molecular formula is C10H5ClF3IN2O. The zero-order chi connectivity index (χ0) is 13.5. The first-order valence-corrected chi connectivity index (χ1v) is 6.09. The van der Waals surface area contributed by atoms with E-state index in [1.807, 2.05) is 27.9 Å².